The predicted octanol–water partition coefficient (Wildman–Crippen LogP) is 8.75. The van der Waals surface area contributed by atoms with Crippen LogP contribution in [-0.4, -0.2) is 297 Å². The van der Waals surface area contributed by atoms with Gasteiger partial charge < -0.3 is 111 Å². The maximum Gasteiger partial charge on any atom is 0.407 e. The van der Waals surface area contributed by atoms with E-state index in [9.17, 15) is 76.7 Å². The Morgan fingerprint density at radius 3 is 0.722 bits per heavy atom. The molecule has 2 aromatic rings. The van der Waals surface area contributed by atoms with Crippen LogP contribution in [0.2, 0.25) is 0 Å². The van der Waals surface area contributed by atoms with Crippen molar-refractivity contribution in [3.63, 3.8) is 0 Å². The highest BCUT2D eigenvalue weighted by molar-refractivity contribution is 5.89. The molecule has 133 heavy (non-hydrogen) atoms. The summed E-state index contributed by atoms with van der Waals surface area (Å²) in [5.74, 6) is -5.30. The van der Waals surface area contributed by atoms with Gasteiger partial charge in [-0.3, -0.25) is 47.9 Å². The van der Waals surface area contributed by atoms with Crippen LogP contribution >= 0.6 is 0 Å². The normalized spacial score (nSPS) is 10.9. The summed E-state index contributed by atoms with van der Waals surface area (Å²) in [6.07, 6.45) is 18.7. The first-order valence-electron chi connectivity index (χ1n) is 46.9. The van der Waals surface area contributed by atoms with E-state index < -0.39 is 110 Å². The van der Waals surface area contributed by atoms with Crippen LogP contribution in [0.1, 0.15) is 204 Å². The summed E-state index contributed by atoms with van der Waals surface area (Å²) in [5, 5.41) is 29.8. The van der Waals surface area contributed by atoms with Crippen LogP contribution in [0.5, 0.6) is 0 Å². The zero-order chi connectivity index (χ0) is 97.1. The molecule has 1 aliphatic carbocycles. The quantitative estimate of drug-likeness (QED) is 0.0167. The molecule has 0 atom stereocenters. The lowest BCUT2D eigenvalue weighted by atomic mass is 9.98. The molecule has 0 aromatic heterocycles. The molecule has 740 valence electrons. The molecule has 0 bridgehead atoms. The van der Waals surface area contributed by atoms with Crippen LogP contribution in [0.3, 0.4) is 0 Å². The van der Waals surface area contributed by atoms with E-state index in [1.807, 2.05) is 48.5 Å². The van der Waals surface area contributed by atoms with Gasteiger partial charge in [-0.15, -0.1) is 0 Å². The van der Waals surface area contributed by atoms with E-state index in [2.05, 4.69) is 98.3 Å². The van der Waals surface area contributed by atoms with Crippen LogP contribution in [0.15, 0.2) is 112 Å². The van der Waals surface area contributed by atoms with Gasteiger partial charge in [0.25, 0.3) is 0 Å². The lowest BCUT2D eigenvalue weighted by molar-refractivity contribution is -0.137. The maximum atomic E-state index is 14.2. The van der Waals surface area contributed by atoms with Gasteiger partial charge in [0.1, 0.15) is 39.6 Å². The number of benzene rings is 2. The second kappa shape index (κ2) is 74.0. The third kappa shape index (κ3) is 55.4. The minimum atomic E-state index is -0.735. The highest BCUT2D eigenvalue weighted by Gasteiger charge is 2.30. The van der Waals surface area contributed by atoms with Gasteiger partial charge in [-0.05, 0) is 92.9 Å². The molecule has 16 amide bonds. The summed E-state index contributed by atoms with van der Waals surface area (Å²) in [4.78, 5) is 219. The number of amides is 16. The molecule has 0 saturated heterocycles. The van der Waals surface area contributed by atoms with Gasteiger partial charge in [-0.2, -0.15) is 0 Å². The van der Waals surface area contributed by atoms with Gasteiger partial charge in [-0.25, -0.2) is 28.8 Å². The van der Waals surface area contributed by atoms with E-state index in [0.29, 0.717) is 109 Å². The average Bonchev–Trinajstić information content (AvgIpc) is 1.61. The first-order chi connectivity index (χ1) is 64.5. The smallest absolute Gasteiger partial charge is 0.407 e. The molecule has 0 aliphatic heterocycles. The highest BCUT2D eigenvalue weighted by atomic mass is 16.6. The molecule has 0 spiro atoms. The van der Waals surface area contributed by atoms with E-state index >= 15 is 0 Å². The number of carbonyl (C=O) groups is 16. The van der Waals surface area contributed by atoms with Gasteiger partial charge in [0.15, 0.2) is 0 Å². The monoisotopic (exact) mass is 1870 g/mol. The fourth-order valence-corrected chi connectivity index (χ4v) is 13.9. The van der Waals surface area contributed by atoms with Crippen LogP contribution in [-0.2, 0) is 76.4 Å². The molecule has 3 rings (SSSR count). The van der Waals surface area contributed by atoms with Gasteiger partial charge in [0.05, 0.1) is 32.7 Å². The Balaban J connectivity index is 1.83. The van der Waals surface area contributed by atoms with Gasteiger partial charge in [0.2, 0.25) is 59.1 Å². The third-order valence-corrected chi connectivity index (χ3v) is 20.9. The number of rotatable bonds is 76. The number of hydrogen-bond donors (Lipinski definition) is 11. The SMILES string of the molecule is C=CCOC(=O)NCCCCCC(=O)N(CCNC(=O)CN(CCNC(=O)CN(CCNC(=O)CN(CCNC(=O)CN(CCNC(=O)OCC1c2ccccc2-c2ccccc21)C(=O)CCCCCNC(=O)OCC=C)C(=O)CCCCCNC(=O)OCC=C)C(=O)CCCCCNC(=O)OCC=C)C(=O)CCCCCNC(=O)OCC=C)CC(=O)NCCCCCCCCCC. The number of ether oxygens (including phenoxy) is 6. The summed E-state index contributed by atoms with van der Waals surface area (Å²) in [7, 11) is 0. The zero-order valence-corrected chi connectivity index (χ0v) is 78.2. The van der Waals surface area contributed by atoms with Gasteiger partial charge in [0, 0.05) is 143 Å². The molecule has 38 nitrogen and oxygen atoms in total. The topological polar surface area (TPSA) is 477 Å². The number of nitrogens with zero attached hydrogens (tertiary/aromatic N) is 5. The maximum absolute atomic E-state index is 14.2. The number of carbonyl (C=O) groups excluding carboxylic acids is 16. The molecular formula is C95H148N16O22. The number of alkyl carbamates (subject to hydrolysis) is 6. The van der Waals surface area contributed by atoms with Crippen molar-refractivity contribution >= 4 is 95.6 Å². The van der Waals surface area contributed by atoms with E-state index in [4.69, 9.17) is 28.4 Å². The molecule has 38 heteroatoms. The van der Waals surface area contributed by atoms with Crippen molar-refractivity contribution in [2.24, 2.45) is 0 Å². The second-order valence-electron chi connectivity index (χ2n) is 31.7. The zero-order valence-electron chi connectivity index (χ0n) is 78.2. The van der Waals surface area contributed by atoms with Crippen molar-refractivity contribution in [2.45, 2.75) is 193 Å². The second-order valence-corrected chi connectivity index (χ2v) is 31.7. The fraction of sp³-hybridized carbons (Fsp3) is 0.600. The predicted molar refractivity (Wildman–Crippen MR) is 504 cm³/mol. The molecule has 1 aliphatic rings. The van der Waals surface area contributed by atoms with Crippen LogP contribution < -0.4 is 58.5 Å². The molecule has 0 unspecified atom stereocenters. The Kier molecular flexibility index (Phi) is 63.8. The Morgan fingerprint density at radius 1 is 0.263 bits per heavy atom. The summed E-state index contributed by atoms with van der Waals surface area (Å²) >= 11 is 0. The number of fused-ring (bicyclic) bond motifs is 3. The molecule has 2 aromatic carbocycles. The number of unbranched alkanes of at least 4 members (excludes halogenated alkanes) is 17. The summed E-state index contributed by atoms with van der Waals surface area (Å²) in [6, 6.07) is 15.8. The van der Waals surface area contributed by atoms with Gasteiger partial charge in [-0.1, -0.05) is 196 Å². The van der Waals surface area contributed by atoms with Crippen LogP contribution in [0, 0.1) is 0 Å². The largest absolute Gasteiger partial charge is 0.449 e. The average molecular weight is 1870 g/mol. The Morgan fingerprint density at radius 2 is 0.466 bits per heavy atom. The number of hydrogen-bond acceptors (Lipinski definition) is 22. The molecule has 0 saturated carbocycles. The van der Waals surface area contributed by atoms with E-state index in [1.165, 1.54) is 67.7 Å². The van der Waals surface area contributed by atoms with E-state index in [-0.39, 0.29) is 188 Å². The Bertz CT molecular complexity index is 3880. The highest BCUT2D eigenvalue weighted by Crippen LogP contribution is 2.44. The molecular weight excluding hydrogens is 1720 g/mol. The standard InChI is InChI=1S/C95H148N16O22/c1-7-13-14-15-16-17-18-33-48-96-80(112)69-107(85(117)43-24-19-34-49-101-90(122)128-64-8-2)59-54-97-81(113)70-108(86(118)44-25-20-35-50-102-91(123)129-65-9-3)60-55-98-82(114)71-109(87(119)45-26-21-36-51-103-92(124)130-66-10-4)61-56-99-83(115)72-110(88(120)46-27-22-37-52-104-93(125)131-67-11-5)62-57-100-84(116)73-111(89(121)47-28-23-38-53-105-94(126)132-68-12-6)63-58-106-95(127)133-74-79-77-41-31-29-39-75(77)76-40-30-32-42-78(76)79/h8-12,29-32,39-42,79H,2-7,13-28,33-38,43-74H2,1H3,(H,96,112)(H,97,113)(H,98,114)(H,99,115)(H,100,116)(H,101,122)(H,102,123)(H,103,124)(H,104,125)(H,105,126)(H,106,127). The van der Waals surface area contributed by atoms with Gasteiger partial charge >= 0.3 is 36.6 Å². The minimum Gasteiger partial charge on any atom is -0.449 e. The summed E-state index contributed by atoms with van der Waals surface area (Å²) in [6.45, 7) is 17.9. The van der Waals surface area contributed by atoms with E-state index in [1.54, 1.807) is 0 Å². The summed E-state index contributed by atoms with van der Waals surface area (Å²) in [5.41, 5.74) is 4.13. The number of nitrogens with one attached hydrogen (secondary N) is 11. The minimum absolute atomic E-state index is 0.00758. The fourth-order valence-electron chi connectivity index (χ4n) is 13.9. The van der Waals surface area contributed by atoms with Crippen molar-refractivity contribution < 1.29 is 105 Å². The van der Waals surface area contributed by atoms with Crippen molar-refractivity contribution in [1.82, 2.24) is 83.0 Å². The van der Waals surface area contributed by atoms with Crippen molar-refractivity contribution in [1.29, 1.82) is 0 Å². The van der Waals surface area contributed by atoms with Crippen molar-refractivity contribution in [3.05, 3.63) is 123 Å². The lowest BCUT2D eigenvalue weighted by Gasteiger charge is -2.26. The lowest BCUT2D eigenvalue weighted by Crippen LogP contribution is -2.49. The first-order valence-corrected chi connectivity index (χ1v) is 46.9. The third-order valence-electron chi connectivity index (χ3n) is 20.9. The molecule has 0 heterocycles. The van der Waals surface area contributed by atoms with E-state index in [0.717, 1.165) is 60.8 Å². The van der Waals surface area contributed by atoms with Crippen LogP contribution in [0.25, 0.3) is 11.1 Å². The first kappa shape index (κ1) is 115. The summed E-state index contributed by atoms with van der Waals surface area (Å²) < 4.78 is 30.6. The van der Waals surface area contributed by atoms with Crippen molar-refractivity contribution in [3.8, 4) is 11.1 Å². The Hall–Kier alpha value is -12.5. The molecule has 0 fully saturated rings. The van der Waals surface area contributed by atoms with Crippen LogP contribution in [0.4, 0.5) is 28.8 Å². The molecule has 0 radical (unpaired) electrons. The Labute approximate surface area is 783 Å². The van der Waals surface area contributed by atoms with Crippen molar-refractivity contribution in [2.75, 3.05) is 177 Å². The molecule has 11 N–H and O–H groups in total.